The van der Waals surface area contributed by atoms with Crippen LogP contribution in [0.25, 0.3) is 10.8 Å². The molecule has 0 amide bonds. The van der Waals surface area contributed by atoms with E-state index in [1.807, 2.05) is 0 Å². The number of carbonyl (C=O) groups excluding carboxylic acids is 1. The number of nitrogens with one attached hydrogen (secondary N) is 2. The molecule has 0 fully saturated rings. The van der Waals surface area contributed by atoms with Crippen LogP contribution in [0.2, 0.25) is 0 Å². The summed E-state index contributed by atoms with van der Waals surface area (Å²) in [6, 6.07) is 32.9. The first-order chi connectivity index (χ1) is 22.8. The van der Waals surface area contributed by atoms with Crippen molar-refractivity contribution < 1.29 is 4.79 Å². The van der Waals surface area contributed by atoms with Crippen LogP contribution in [0.1, 0.15) is 80.0 Å². The first-order valence-corrected chi connectivity index (χ1v) is 19.1. The van der Waals surface area contributed by atoms with Crippen LogP contribution in [0.3, 0.4) is 0 Å². The highest BCUT2D eigenvalue weighted by molar-refractivity contribution is 7.95. The van der Waals surface area contributed by atoms with Gasteiger partial charge in [-0.1, -0.05) is 91.3 Å². The van der Waals surface area contributed by atoms with E-state index in [4.69, 9.17) is 0 Å². The maximum absolute atomic E-state index is 12.6. The van der Waals surface area contributed by atoms with Crippen molar-refractivity contribution in [1.82, 2.24) is 10.2 Å². The standard InChI is InChI=1S/C41H47N2O3P/c1-30-13-20-35(21-14-30)47(36-22-15-31(2)16-23-36,37-24-17-32(3)18-25-37)27-11-9-7-5-4-6-8-10-12-34(44)28-33-19-26-38-39(29-33)41(46)43-42-40(38)45/h13-26,29H,4-12,27-28H2,1-3H3,(H-,42,43,45,46)/p+1. The van der Waals surface area contributed by atoms with E-state index in [1.54, 1.807) is 18.2 Å². The van der Waals surface area contributed by atoms with Gasteiger partial charge in [0.25, 0.3) is 11.1 Å². The van der Waals surface area contributed by atoms with Crippen LogP contribution < -0.4 is 27.0 Å². The molecule has 5 nitrogen and oxygen atoms in total. The fourth-order valence-corrected chi connectivity index (χ4v) is 11.0. The molecule has 0 spiro atoms. The molecule has 244 valence electrons. The number of H-pyrrole nitrogens is 2. The van der Waals surface area contributed by atoms with Gasteiger partial charge in [0.1, 0.15) is 29.0 Å². The van der Waals surface area contributed by atoms with Crippen molar-refractivity contribution in [3.8, 4) is 0 Å². The van der Waals surface area contributed by atoms with Crippen LogP contribution >= 0.6 is 7.26 Å². The molecule has 4 aromatic carbocycles. The van der Waals surface area contributed by atoms with Gasteiger partial charge in [-0.2, -0.15) is 0 Å². The van der Waals surface area contributed by atoms with Gasteiger partial charge >= 0.3 is 0 Å². The molecule has 0 bridgehead atoms. The van der Waals surface area contributed by atoms with Gasteiger partial charge in [0.05, 0.1) is 16.9 Å². The van der Waals surface area contributed by atoms with Crippen molar-refractivity contribution in [1.29, 1.82) is 0 Å². The number of fused-ring (bicyclic) bond motifs is 1. The van der Waals surface area contributed by atoms with Crippen molar-refractivity contribution in [3.05, 3.63) is 134 Å². The SMILES string of the molecule is Cc1ccc([P+](CCCCCCCCCCC(=O)Cc2ccc3c(=O)[nH][nH]c(=O)c3c2)(c2ccc(C)cc2)c2ccc(C)cc2)cc1. The highest BCUT2D eigenvalue weighted by Crippen LogP contribution is 2.56. The number of benzene rings is 4. The minimum absolute atomic E-state index is 0.174. The number of aromatic amines is 2. The zero-order valence-corrected chi connectivity index (χ0v) is 29.0. The van der Waals surface area contributed by atoms with E-state index in [0.717, 1.165) is 24.8 Å². The Morgan fingerprint density at radius 3 is 1.45 bits per heavy atom. The molecule has 0 aliphatic heterocycles. The highest BCUT2D eigenvalue weighted by atomic mass is 31.2. The lowest BCUT2D eigenvalue weighted by molar-refractivity contribution is -0.118. The van der Waals surface area contributed by atoms with Crippen LogP contribution in [0.4, 0.5) is 0 Å². The van der Waals surface area contributed by atoms with E-state index >= 15 is 0 Å². The maximum atomic E-state index is 12.6. The second-order valence-corrected chi connectivity index (χ2v) is 16.7. The summed E-state index contributed by atoms with van der Waals surface area (Å²) < 4.78 is 0. The molecule has 1 aromatic heterocycles. The predicted octanol–water partition coefficient (Wildman–Crippen LogP) is 7.76. The van der Waals surface area contributed by atoms with Crippen LogP contribution in [0, 0.1) is 20.8 Å². The molecule has 0 radical (unpaired) electrons. The summed E-state index contributed by atoms with van der Waals surface area (Å²) in [7, 11) is -1.80. The van der Waals surface area contributed by atoms with E-state index in [-0.39, 0.29) is 16.9 Å². The molecule has 47 heavy (non-hydrogen) atoms. The van der Waals surface area contributed by atoms with Crippen molar-refractivity contribution in [2.75, 3.05) is 6.16 Å². The Hall–Kier alpha value is -4.08. The van der Waals surface area contributed by atoms with E-state index < -0.39 is 7.26 Å². The molecule has 0 unspecified atom stereocenters. The third-order valence-corrected chi connectivity index (χ3v) is 13.9. The molecular weight excluding hydrogens is 599 g/mol. The van der Waals surface area contributed by atoms with Gasteiger partial charge in [-0.15, -0.1) is 0 Å². The molecule has 2 N–H and O–H groups in total. The number of hydrogen-bond donors (Lipinski definition) is 2. The van der Waals surface area contributed by atoms with Gasteiger partial charge in [-0.3, -0.25) is 24.6 Å². The summed E-state index contributed by atoms with van der Waals surface area (Å²) in [4.78, 5) is 36.6. The molecule has 0 saturated heterocycles. The minimum Gasteiger partial charge on any atom is -0.299 e. The number of hydrogen-bond acceptors (Lipinski definition) is 3. The average Bonchev–Trinajstić information content (AvgIpc) is 3.07. The maximum Gasteiger partial charge on any atom is 0.270 e. The minimum atomic E-state index is -1.80. The normalized spacial score (nSPS) is 11.6. The van der Waals surface area contributed by atoms with Crippen molar-refractivity contribution in [2.45, 2.75) is 85.0 Å². The van der Waals surface area contributed by atoms with E-state index in [2.05, 4.69) is 104 Å². The van der Waals surface area contributed by atoms with Crippen LogP contribution in [0.5, 0.6) is 0 Å². The molecule has 0 aliphatic rings. The second-order valence-electron chi connectivity index (χ2n) is 13.1. The van der Waals surface area contributed by atoms with Gasteiger partial charge in [-0.25, -0.2) is 0 Å². The first kappa shape index (κ1) is 34.3. The van der Waals surface area contributed by atoms with Crippen molar-refractivity contribution in [2.24, 2.45) is 0 Å². The quantitative estimate of drug-likeness (QED) is 0.0849. The molecule has 0 atom stereocenters. The predicted molar refractivity (Wildman–Crippen MR) is 200 cm³/mol. The summed E-state index contributed by atoms with van der Waals surface area (Å²) in [6.45, 7) is 6.50. The lowest BCUT2D eigenvalue weighted by atomic mass is 10.0. The van der Waals surface area contributed by atoms with Gasteiger partial charge in [-0.05, 0) is 94.1 Å². The monoisotopic (exact) mass is 647 g/mol. The molecule has 6 heteroatoms. The molecule has 5 rings (SSSR count). The Labute approximate surface area is 279 Å². The van der Waals surface area contributed by atoms with E-state index in [9.17, 15) is 14.4 Å². The Morgan fingerprint density at radius 1 is 0.532 bits per heavy atom. The van der Waals surface area contributed by atoms with Gasteiger partial charge in [0.2, 0.25) is 0 Å². The molecule has 0 aliphatic carbocycles. The number of unbranched alkanes of at least 4 members (excludes halogenated alkanes) is 7. The molecule has 5 aromatic rings. The Morgan fingerprint density at radius 2 is 0.957 bits per heavy atom. The van der Waals surface area contributed by atoms with Gasteiger partial charge in [0, 0.05) is 12.8 Å². The van der Waals surface area contributed by atoms with Crippen molar-refractivity contribution >= 4 is 39.7 Å². The van der Waals surface area contributed by atoms with Crippen LogP contribution in [-0.4, -0.2) is 22.1 Å². The summed E-state index contributed by atoms with van der Waals surface area (Å²) in [5.41, 5.74) is 3.98. The summed E-state index contributed by atoms with van der Waals surface area (Å²) in [5.74, 6) is 0.174. The topological polar surface area (TPSA) is 82.8 Å². The first-order valence-electron chi connectivity index (χ1n) is 17.1. The number of Topliss-reactive ketones (excluding diaryl/α,β-unsaturated/α-hetero) is 1. The average molecular weight is 648 g/mol. The number of carbonyl (C=O) groups is 1. The fraction of sp³-hybridized carbons (Fsp3) is 0.341. The Balaban J connectivity index is 1.10. The van der Waals surface area contributed by atoms with E-state index in [1.165, 1.54) is 70.9 Å². The lowest BCUT2D eigenvalue weighted by Gasteiger charge is -2.28. The zero-order chi connectivity index (χ0) is 33.2. The van der Waals surface area contributed by atoms with Crippen molar-refractivity contribution in [3.63, 3.8) is 0 Å². The molecular formula is C41H48N2O3P+. The number of rotatable bonds is 16. The summed E-state index contributed by atoms with van der Waals surface area (Å²) >= 11 is 0. The van der Waals surface area contributed by atoms with Gasteiger partial charge in [0.15, 0.2) is 0 Å². The van der Waals surface area contributed by atoms with E-state index in [0.29, 0.717) is 23.6 Å². The number of ketones is 1. The fourth-order valence-electron chi connectivity index (χ4n) is 6.62. The summed E-state index contributed by atoms with van der Waals surface area (Å²) in [5, 5.41) is 9.75. The Bertz CT molecular complexity index is 1780. The third-order valence-electron chi connectivity index (χ3n) is 9.39. The highest BCUT2D eigenvalue weighted by Gasteiger charge is 2.44. The lowest BCUT2D eigenvalue weighted by Crippen LogP contribution is -2.33. The molecule has 1 heterocycles. The number of aromatic nitrogens is 2. The molecule has 0 saturated carbocycles. The number of aryl methyl sites for hydroxylation is 3. The smallest absolute Gasteiger partial charge is 0.270 e. The summed E-state index contributed by atoms with van der Waals surface area (Å²) in [6.07, 6.45) is 11.2. The van der Waals surface area contributed by atoms with Gasteiger partial charge < -0.3 is 0 Å². The second kappa shape index (κ2) is 16.2. The Kier molecular flexibility index (Phi) is 11.8. The zero-order valence-electron chi connectivity index (χ0n) is 28.1. The third kappa shape index (κ3) is 8.64. The van der Waals surface area contributed by atoms with Crippen LogP contribution in [-0.2, 0) is 11.2 Å². The largest absolute Gasteiger partial charge is 0.299 e. The van der Waals surface area contributed by atoms with Crippen LogP contribution in [0.15, 0.2) is 101 Å².